The van der Waals surface area contributed by atoms with E-state index in [4.69, 9.17) is 4.42 Å². The molecule has 0 spiro atoms. The quantitative estimate of drug-likeness (QED) is 0.734. The molecule has 2 heteroatoms. The van der Waals surface area contributed by atoms with Gasteiger partial charge < -0.3 is 4.42 Å². The maximum atomic E-state index is 11.7. The maximum absolute atomic E-state index is 11.7. The summed E-state index contributed by atoms with van der Waals surface area (Å²) in [6.07, 6.45) is 9.62. The predicted octanol–water partition coefficient (Wildman–Crippen LogP) is 2.97. The Kier molecular flexibility index (Phi) is 3.02. The molecule has 0 aliphatic heterocycles. The van der Waals surface area contributed by atoms with Crippen LogP contribution in [0.2, 0.25) is 0 Å². The van der Waals surface area contributed by atoms with Gasteiger partial charge in [-0.15, -0.1) is 0 Å². The molecule has 2 nitrogen and oxygen atoms in total. The molecule has 0 aromatic carbocycles. The largest absolute Gasteiger partial charge is 0.472 e. The molecule has 1 heterocycles. The summed E-state index contributed by atoms with van der Waals surface area (Å²) >= 11 is 0. The SMILES string of the molecule is O=C(CCc1ccoc1)C1CCCC1. The van der Waals surface area contributed by atoms with Crippen LogP contribution in [-0.2, 0) is 11.2 Å². The summed E-state index contributed by atoms with van der Waals surface area (Å²) in [7, 11) is 0. The lowest BCUT2D eigenvalue weighted by Crippen LogP contribution is -2.11. The van der Waals surface area contributed by atoms with E-state index in [0.717, 1.165) is 24.8 Å². The van der Waals surface area contributed by atoms with E-state index in [-0.39, 0.29) is 0 Å². The number of ketones is 1. The van der Waals surface area contributed by atoms with Crippen LogP contribution >= 0.6 is 0 Å². The summed E-state index contributed by atoms with van der Waals surface area (Å²) in [6.45, 7) is 0. The van der Waals surface area contributed by atoms with Crippen LogP contribution in [0.4, 0.5) is 0 Å². The highest BCUT2D eigenvalue weighted by atomic mass is 16.3. The third kappa shape index (κ3) is 2.25. The average molecular weight is 192 g/mol. The summed E-state index contributed by atoms with van der Waals surface area (Å²) in [5.74, 6) is 0.811. The van der Waals surface area contributed by atoms with Crippen molar-refractivity contribution >= 4 is 5.78 Å². The molecule has 1 aromatic rings. The van der Waals surface area contributed by atoms with Crippen molar-refractivity contribution in [3.63, 3.8) is 0 Å². The van der Waals surface area contributed by atoms with Gasteiger partial charge in [-0.1, -0.05) is 12.8 Å². The minimum Gasteiger partial charge on any atom is -0.472 e. The van der Waals surface area contributed by atoms with E-state index in [1.54, 1.807) is 12.5 Å². The number of hydrogen-bond acceptors (Lipinski definition) is 2. The van der Waals surface area contributed by atoms with Gasteiger partial charge in [-0.3, -0.25) is 4.79 Å². The Morgan fingerprint density at radius 3 is 2.86 bits per heavy atom. The fraction of sp³-hybridized carbons (Fsp3) is 0.583. The maximum Gasteiger partial charge on any atom is 0.136 e. The Morgan fingerprint density at radius 2 is 2.21 bits per heavy atom. The molecule has 2 rings (SSSR count). The Morgan fingerprint density at radius 1 is 1.43 bits per heavy atom. The molecule has 1 aliphatic carbocycles. The van der Waals surface area contributed by atoms with Gasteiger partial charge in [-0.05, 0) is 30.9 Å². The van der Waals surface area contributed by atoms with Crippen molar-refractivity contribution in [3.05, 3.63) is 24.2 Å². The number of hydrogen-bond donors (Lipinski definition) is 0. The molecule has 0 N–H and O–H groups in total. The van der Waals surface area contributed by atoms with Crippen LogP contribution in [0.1, 0.15) is 37.7 Å². The highest BCUT2D eigenvalue weighted by Crippen LogP contribution is 2.26. The van der Waals surface area contributed by atoms with Crippen LogP contribution in [0.15, 0.2) is 23.0 Å². The summed E-state index contributed by atoms with van der Waals surface area (Å²) in [6, 6.07) is 1.93. The van der Waals surface area contributed by atoms with E-state index in [9.17, 15) is 4.79 Å². The van der Waals surface area contributed by atoms with Gasteiger partial charge in [-0.25, -0.2) is 0 Å². The molecule has 1 fully saturated rings. The Bertz CT molecular complexity index is 281. The first-order valence-corrected chi connectivity index (χ1v) is 5.40. The summed E-state index contributed by atoms with van der Waals surface area (Å²) in [5.41, 5.74) is 1.14. The van der Waals surface area contributed by atoms with Gasteiger partial charge >= 0.3 is 0 Å². The zero-order valence-corrected chi connectivity index (χ0v) is 8.37. The monoisotopic (exact) mass is 192 g/mol. The van der Waals surface area contributed by atoms with E-state index in [1.165, 1.54) is 12.8 Å². The van der Waals surface area contributed by atoms with Gasteiger partial charge in [0.15, 0.2) is 0 Å². The number of Topliss-reactive ketones (excluding diaryl/α,β-unsaturated/α-hetero) is 1. The standard InChI is InChI=1S/C12H16O2/c13-12(11-3-1-2-4-11)6-5-10-7-8-14-9-10/h7-9,11H,1-6H2. The average Bonchev–Trinajstić information content (AvgIpc) is 2.87. The van der Waals surface area contributed by atoms with E-state index in [0.29, 0.717) is 18.1 Å². The Balaban J connectivity index is 1.77. The predicted molar refractivity (Wildman–Crippen MR) is 54.0 cm³/mol. The molecular formula is C12H16O2. The van der Waals surface area contributed by atoms with Crippen molar-refractivity contribution in [2.75, 3.05) is 0 Å². The van der Waals surface area contributed by atoms with Gasteiger partial charge in [0.1, 0.15) is 5.78 Å². The van der Waals surface area contributed by atoms with E-state index in [2.05, 4.69) is 0 Å². The van der Waals surface area contributed by atoms with Gasteiger partial charge in [0.25, 0.3) is 0 Å². The molecule has 14 heavy (non-hydrogen) atoms. The minimum atomic E-state index is 0.363. The third-order valence-corrected chi connectivity index (χ3v) is 3.05. The number of aryl methyl sites for hydroxylation is 1. The lowest BCUT2D eigenvalue weighted by atomic mass is 9.98. The first-order chi connectivity index (χ1) is 6.86. The Labute approximate surface area is 84.3 Å². The van der Waals surface area contributed by atoms with Crippen molar-refractivity contribution in [1.29, 1.82) is 0 Å². The number of rotatable bonds is 4. The second-order valence-electron chi connectivity index (χ2n) is 4.08. The molecule has 1 aliphatic rings. The number of carbonyl (C=O) groups excluding carboxylic acids is 1. The summed E-state index contributed by atoms with van der Waals surface area (Å²) < 4.78 is 4.96. The zero-order valence-electron chi connectivity index (χ0n) is 8.37. The molecule has 0 atom stereocenters. The van der Waals surface area contributed by atoms with Crippen molar-refractivity contribution in [2.24, 2.45) is 5.92 Å². The van der Waals surface area contributed by atoms with Crippen molar-refractivity contribution in [1.82, 2.24) is 0 Å². The van der Waals surface area contributed by atoms with E-state index in [1.807, 2.05) is 6.07 Å². The van der Waals surface area contributed by atoms with Crippen molar-refractivity contribution in [2.45, 2.75) is 38.5 Å². The highest BCUT2D eigenvalue weighted by molar-refractivity contribution is 5.81. The lowest BCUT2D eigenvalue weighted by Gasteiger charge is -2.06. The van der Waals surface area contributed by atoms with E-state index >= 15 is 0 Å². The fourth-order valence-corrected chi connectivity index (χ4v) is 2.15. The molecule has 76 valence electrons. The molecule has 0 saturated heterocycles. The molecule has 1 aromatic heterocycles. The second-order valence-corrected chi connectivity index (χ2v) is 4.08. The third-order valence-electron chi connectivity index (χ3n) is 3.05. The minimum absolute atomic E-state index is 0.363. The van der Waals surface area contributed by atoms with Crippen molar-refractivity contribution < 1.29 is 9.21 Å². The van der Waals surface area contributed by atoms with Crippen LogP contribution in [0.5, 0.6) is 0 Å². The molecule has 0 amide bonds. The van der Waals surface area contributed by atoms with Gasteiger partial charge in [-0.2, -0.15) is 0 Å². The summed E-state index contributed by atoms with van der Waals surface area (Å²) in [4.78, 5) is 11.7. The summed E-state index contributed by atoms with van der Waals surface area (Å²) in [5, 5.41) is 0. The first-order valence-electron chi connectivity index (χ1n) is 5.40. The number of furan rings is 1. The van der Waals surface area contributed by atoms with Crippen LogP contribution in [0.3, 0.4) is 0 Å². The highest BCUT2D eigenvalue weighted by Gasteiger charge is 2.21. The molecule has 0 bridgehead atoms. The van der Waals surface area contributed by atoms with Gasteiger partial charge in [0.05, 0.1) is 12.5 Å². The molecule has 0 radical (unpaired) electrons. The van der Waals surface area contributed by atoms with Gasteiger partial charge in [0.2, 0.25) is 0 Å². The lowest BCUT2D eigenvalue weighted by molar-refractivity contribution is -0.122. The second kappa shape index (κ2) is 4.45. The molecule has 0 unspecified atom stereocenters. The molecular weight excluding hydrogens is 176 g/mol. The van der Waals surface area contributed by atoms with Gasteiger partial charge in [0, 0.05) is 12.3 Å². The van der Waals surface area contributed by atoms with E-state index < -0.39 is 0 Å². The van der Waals surface area contributed by atoms with Crippen LogP contribution in [-0.4, -0.2) is 5.78 Å². The van der Waals surface area contributed by atoms with Crippen molar-refractivity contribution in [3.8, 4) is 0 Å². The number of carbonyl (C=O) groups is 1. The fourth-order valence-electron chi connectivity index (χ4n) is 2.15. The first kappa shape index (κ1) is 9.50. The topological polar surface area (TPSA) is 30.2 Å². The molecule has 1 saturated carbocycles. The Hall–Kier alpha value is -1.05. The van der Waals surface area contributed by atoms with Crippen LogP contribution in [0, 0.1) is 5.92 Å². The van der Waals surface area contributed by atoms with Crippen LogP contribution < -0.4 is 0 Å². The van der Waals surface area contributed by atoms with Crippen LogP contribution in [0.25, 0.3) is 0 Å². The normalized spacial score (nSPS) is 17.4. The zero-order chi connectivity index (χ0) is 9.80. The smallest absolute Gasteiger partial charge is 0.136 e.